The van der Waals surface area contributed by atoms with Gasteiger partial charge >= 0.3 is 5.69 Å². The summed E-state index contributed by atoms with van der Waals surface area (Å²) < 4.78 is 37.0. The van der Waals surface area contributed by atoms with Gasteiger partial charge in [0.05, 0.1) is 31.0 Å². The van der Waals surface area contributed by atoms with E-state index in [1.54, 1.807) is 48.9 Å². The summed E-state index contributed by atoms with van der Waals surface area (Å²) in [5.41, 5.74) is 1.49. The van der Waals surface area contributed by atoms with E-state index in [4.69, 9.17) is 9.47 Å². The van der Waals surface area contributed by atoms with E-state index in [0.717, 1.165) is 6.26 Å². The van der Waals surface area contributed by atoms with Gasteiger partial charge in [-0.25, -0.2) is 28.2 Å². The number of aromatic amines is 1. The number of H-pyrrole nitrogens is 1. The zero-order valence-electron chi connectivity index (χ0n) is 18.3. The number of fused-ring (bicyclic) bond motifs is 1. The van der Waals surface area contributed by atoms with E-state index in [0.29, 0.717) is 46.2 Å². The van der Waals surface area contributed by atoms with E-state index in [-0.39, 0.29) is 5.75 Å². The predicted octanol–water partition coefficient (Wildman–Crippen LogP) is 2.22. The van der Waals surface area contributed by atoms with Crippen LogP contribution in [-0.4, -0.2) is 58.6 Å². The fourth-order valence-corrected chi connectivity index (χ4v) is 4.56. The summed E-state index contributed by atoms with van der Waals surface area (Å²) in [6.07, 6.45) is 5.91. The third kappa shape index (κ3) is 4.72. The molecule has 0 aliphatic carbocycles. The van der Waals surface area contributed by atoms with Crippen LogP contribution in [0.1, 0.15) is 18.5 Å². The molecule has 1 N–H and O–H groups in total. The lowest BCUT2D eigenvalue weighted by molar-refractivity contribution is 0.310. The van der Waals surface area contributed by atoms with Crippen molar-refractivity contribution >= 4 is 21.0 Å². The molecule has 3 aromatic heterocycles. The fraction of sp³-hybridized carbons (Fsp3) is 0.273. The van der Waals surface area contributed by atoms with Crippen molar-refractivity contribution in [1.29, 1.82) is 0 Å². The van der Waals surface area contributed by atoms with Gasteiger partial charge in [-0.15, -0.1) is 0 Å². The molecule has 0 radical (unpaired) electrons. The number of hydrogen-bond acceptors (Lipinski definition) is 8. The van der Waals surface area contributed by atoms with Crippen LogP contribution in [0.4, 0.5) is 0 Å². The number of hydrogen-bond donors (Lipinski definition) is 1. The Morgan fingerprint density at radius 2 is 1.88 bits per heavy atom. The summed E-state index contributed by atoms with van der Waals surface area (Å²) in [5.74, 6) is 1.13. The highest BCUT2D eigenvalue weighted by Gasteiger charge is 2.25. The van der Waals surface area contributed by atoms with Crippen LogP contribution >= 0.6 is 0 Å². The van der Waals surface area contributed by atoms with Crippen LogP contribution in [0.2, 0.25) is 0 Å². The summed E-state index contributed by atoms with van der Waals surface area (Å²) in [5, 5.41) is 0. The average molecular weight is 470 g/mol. The van der Waals surface area contributed by atoms with Crippen LogP contribution in [0.25, 0.3) is 22.6 Å². The second-order valence-corrected chi connectivity index (χ2v) is 9.60. The van der Waals surface area contributed by atoms with Gasteiger partial charge in [0, 0.05) is 30.4 Å². The quantitative estimate of drug-likeness (QED) is 0.416. The molecule has 11 heteroatoms. The Balaban J connectivity index is 1.88. The Hall–Kier alpha value is -3.73. The highest BCUT2D eigenvalue weighted by atomic mass is 32.2. The molecule has 33 heavy (non-hydrogen) atoms. The zero-order chi connectivity index (χ0) is 23.6. The minimum Gasteiger partial charge on any atom is -0.493 e. The van der Waals surface area contributed by atoms with Crippen molar-refractivity contribution < 1.29 is 17.9 Å². The maximum atomic E-state index is 13.0. The van der Waals surface area contributed by atoms with E-state index in [9.17, 15) is 13.2 Å². The van der Waals surface area contributed by atoms with E-state index >= 15 is 0 Å². The molecule has 1 atom stereocenters. The third-order valence-corrected chi connectivity index (χ3v) is 5.95. The second-order valence-electron chi connectivity index (χ2n) is 7.42. The number of imidazole rings is 1. The van der Waals surface area contributed by atoms with Gasteiger partial charge in [-0.2, -0.15) is 0 Å². The maximum Gasteiger partial charge on any atom is 0.328 e. The van der Waals surface area contributed by atoms with Crippen LogP contribution in [0.5, 0.6) is 11.5 Å². The molecule has 0 saturated carbocycles. The maximum absolute atomic E-state index is 13.0. The van der Waals surface area contributed by atoms with Crippen molar-refractivity contribution in [3.8, 4) is 22.9 Å². The lowest BCUT2D eigenvalue weighted by Gasteiger charge is -2.20. The highest BCUT2D eigenvalue weighted by molar-refractivity contribution is 7.90. The van der Waals surface area contributed by atoms with Gasteiger partial charge in [0.1, 0.15) is 9.84 Å². The van der Waals surface area contributed by atoms with E-state index in [1.165, 1.54) is 11.7 Å². The smallest absolute Gasteiger partial charge is 0.328 e. The van der Waals surface area contributed by atoms with Gasteiger partial charge in [0.25, 0.3) is 0 Å². The summed E-state index contributed by atoms with van der Waals surface area (Å²) in [6, 6.07) is 7.68. The minimum atomic E-state index is -3.47. The van der Waals surface area contributed by atoms with Crippen molar-refractivity contribution in [2.75, 3.05) is 25.7 Å². The first-order chi connectivity index (χ1) is 15.8. The number of nitrogens with zero attached hydrogens (tertiary/aromatic N) is 4. The fourth-order valence-electron chi connectivity index (χ4n) is 3.65. The summed E-state index contributed by atoms with van der Waals surface area (Å²) in [7, 11) is -1.95. The number of ether oxygens (including phenoxy) is 2. The molecule has 172 valence electrons. The first-order valence-electron chi connectivity index (χ1n) is 10.2. The molecule has 0 spiro atoms. The van der Waals surface area contributed by atoms with E-state index in [1.807, 2.05) is 6.92 Å². The number of sulfone groups is 1. The molecule has 0 aliphatic rings. The monoisotopic (exact) mass is 469 g/mol. The first-order valence-corrected chi connectivity index (χ1v) is 12.2. The summed E-state index contributed by atoms with van der Waals surface area (Å²) in [4.78, 5) is 28.6. The molecule has 0 fully saturated rings. The van der Waals surface area contributed by atoms with Crippen molar-refractivity contribution in [2.45, 2.75) is 13.0 Å². The second kappa shape index (κ2) is 9.02. The van der Waals surface area contributed by atoms with Crippen LogP contribution < -0.4 is 15.2 Å². The zero-order valence-corrected chi connectivity index (χ0v) is 19.2. The van der Waals surface area contributed by atoms with E-state index < -0.39 is 21.6 Å². The normalized spacial score (nSPS) is 12.6. The number of methoxy groups -OCH3 is 1. The molecule has 1 aromatic carbocycles. The molecule has 4 rings (SSSR count). The number of aromatic nitrogens is 5. The number of nitrogens with one attached hydrogen (secondary N) is 1. The first kappa shape index (κ1) is 22.5. The largest absolute Gasteiger partial charge is 0.493 e. The Labute approximate surface area is 190 Å². The predicted molar refractivity (Wildman–Crippen MR) is 123 cm³/mol. The molecule has 0 saturated heterocycles. The topological polar surface area (TPSA) is 129 Å². The Bertz CT molecular complexity index is 1450. The van der Waals surface area contributed by atoms with Gasteiger partial charge in [-0.1, -0.05) is 6.07 Å². The SMILES string of the molecule is CCOc1cc(C(CS(C)(=O)=O)n2c(=O)[nH]c3cc(-c4ncccn4)cnc32)ccc1OC. The minimum absolute atomic E-state index is 0.303. The lowest BCUT2D eigenvalue weighted by Crippen LogP contribution is -2.28. The molecular formula is C22H23N5O5S. The van der Waals surface area contributed by atoms with Crippen LogP contribution in [0.3, 0.4) is 0 Å². The standard InChI is InChI=1S/C22H23N5O5S/c1-4-32-19-11-14(6-7-18(19)31-2)17(13-33(3,29)30)27-21-16(26-22(27)28)10-15(12-25-21)20-23-8-5-9-24-20/h5-12,17H,4,13H2,1-3H3,(H,26,28). The van der Waals surface area contributed by atoms with Gasteiger partial charge in [-0.05, 0) is 36.8 Å². The van der Waals surface area contributed by atoms with Gasteiger partial charge in [0.2, 0.25) is 0 Å². The highest BCUT2D eigenvalue weighted by Crippen LogP contribution is 2.33. The van der Waals surface area contributed by atoms with Gasteiger partial charge in [-0.3, -0.25) is 4.57 Å². The number of pyridine rings is 1. The van der Waals surface area contributed by atoms with Crippen molar-refractivity contribution in [2.24, 2.45) is 0 Å². The average Bonchev–Trinajstić information content (AvgIpc) is 3.12. The van der Waals surface area contributed by atoms with Crippen molar-refractivity contribution in [3.05, 3.63) is 65.0 Å². The Kier molecular flexibility index (Phi) is 6.14. The number of rotatable bonds is 8. The summed E-state index contributed by atoms with van der Waals surface area (Å²) in [6.45, 7) is 2.23. The molecule has 4 aromatic rings. The molecule has 0 aliphatic heterocycles. The Morgan fingerprint density at radius 1 is 1.12 bits per heavy atom. The lowest BCUT2D eigenvalue weighted by atomic mass is 10.1. The molecule has 10 nitrogen and oxygen atoms in total. The summed E-state index contributed by atoms with van der Waals surface area (Å²) >= 11 is 0. The van der Waals surface area contributed by atoms with Gasteiger partial charge in [0.15, 0.2) is 23.0 Å². The molecule has 0 bridgehead atoms. The van der Waals surface area contributed by atoms with Crippen molar-refractivity contribution in [3.63, 3.8) is 0 Å². The molecule has 1 unspecified atom stereocenters. The van der Waals surface area contributed by atoms with E-state index in [2.05, 4.69) is 19.9 Å². The molecule has 3 heterocycles. The van der Waals surface area contributed by atoms with Crippen LogP contribution in [0.15, 0.2) is 53.7 Å². The number of benzene rings is 1. The molecule has 0 amide bonds. The van der Waals surface area contributed by atoms with Gasteiger partial charge < -0.3 is 14.5 Å². The van der Waals surface area contributed by atoms with Crippen LogP contribution in [0, 0.1) is 0 Å². The third-order valence-electron chi connectivity index (χ3n) is 5.02. The molecular weight excluding hydrogens is 446 g/mol. The van der Waals surface area contributed by atoms with Crippen LogP contribution in [-0.2, 0) is 9.84 Å². The Morgan fingerprint density at radius 3 is 2.55 bits per heavy atom. The van der Waals surface area contributed by atoms with Crippen molar-refractivity contribution in [1.82, 2.24) is 24.5 Å².